The fourth-order valence-corrected chi connectivity index (χ4v) is 0.793. The molecule has 1 heterocycles. The summed E-state index contributed by atoms with van der Waals surface area (Å²) in [6.07, 6.45) is 0.0171. The van der Waals surface area contributed by atoms with Crippen molar-refractivity contribution in [1.82, 2.24) is 0 Å². The smallest absolute Gasteiger partial charge is 0.332 e. The van der Waals surface area contributed by atoms with Gasteiger partial charge in [0.25, 0.3) is 0 Å². The summed E-state index contributed by atoms with van der Waals surface area (Å²) in [5.41, 5.74) is 0. The summed E-state index contributed by atoms with van der Waals surface area (Å²) < 4.78 is 14.9. The third-order valence-electron chi connectivity index (χ3n) is 1.41. The SMILES string of the molecule is CC(C)OC(=O)COC1COC1. The molecule has 0 bridgehead atoms. The maximum Gasteiger partial charge on any atom is 0.332 e. The Morgan fingerprint density at radius 3 is 2.67 bits per heavy atom. The van der Waals surface area contributed by atoms with E-state index in [4.69, 9.17) is 14.2 Å². The second kappa shape index (κ2) is 4.42. The van der Waals surface area contributed by atoms with Gasteiger partial charge in [0.05, 0.1) is 19.3 Å². The van der Waals surface area contributed by atoms with E-state index in [-0.39, 0.29) is 24.8 Å². The number of rotatable bonds is 4. The van der Waals surface area contributed by atoms with E-state index in [1.54, 1.807) is 0 Å². The molecule has 0 amide bonds. The van der Waals surface area contributed by atoms with Crippen molar-refractivity contribution in [3.05, 3.63) is 0 Å². The van der Waals surface area contributed by atoms with Crippen LogP contribution in [0.4, 0.5) is 0 Å². The number of ether oxygens (including phenoxy) is 3. The van der Waals surface area contributed by atoms with E-state index in [2.05, 4.69) is 0 Å². The lowest BCUT2D eigenvalue weighted by Crippen LogP contribution is -2.37. The van der Waals surface area contributed by atoms with E-state index < -0.39 is 0 Å². The van der Waals surface area contributed by atoms with Gasteiger partial charge in [0.2, 0.25) is 0 Å². The molecular weight excluding hydrogens is 160 g/mol. The van der Waals surface area contributed by atoms with Crippen LogP contribution in [0.15, 0.2) is 0 Å². The first-order chi connectivity index (χ1) is 5.68. The minimum atomic E-state index is -0.308. The Balaban J connectivity index is 2.01. The third-order valence-corrected chi connectivity index (χ3v) is 1.41. The number of carbonyl (C=O) groups excluding carboxylic acids is 1. The first-order valence-electron chi connectivity index (χ1n) is 4.07. The minimum absolute atomic E-state index is 0.0339. The molecule has 0 aliphatic carbocycles. The minimum Gasteiger partial charge on any atom is -0.461 e. The van der Waals surface area contributed by atoms with Gasteiger partial charge in [-0.2, -0.15) is 0 Å². The van der Waals surface area contributed by atoms with Gasteiger partial charge in [-0.25, -0.2) is 4.79 Å². The molecule has 0 unspecified atom stereocenters. The van der Waals surface area contributed by atoms with Crippen LogP contribution in [0, 0.1) is 0 Å². The molecule has 1 fully saturated rings. The summed E-state index contributed by atoms with van der Waals surface area (Å²) in [7, 11) is 0. The Morgan fingerprint density at radius 2 is 2.25 bits per heavy atom. The Morgan fingerprint density at radius 1 is 1.58 bits per heavy atom. The van der Waals surface area contributed by atoms with Gasteiger partial charge in [-0.3, -0.25) is 0 Å². The zero-order chi connectivity index (χ0) is 8.97. The van der Waals surface area contributed by atoms with Gasteiger partial charge in [0.15, 0.2) is 0 Å². The highest BCUT2D eigenvalue weighted by Crippen LogP contribution is 2.05. The van der Waals surface area contributed by atoms with Crippen molar-refractivity contribution in [2.45, 2.75) is 26.1 Å². The van der Waals surface area contributed by atoms with Crippen molar-refractivity contribution in [2.24, 2.45) is 0 Å². The maximum atomic E-state index is 10.9. The Labute approximate surface area is 71.8 Å². The van der Waals surface area contributed by atoms with E-state index >= 15 is 0 Å². The topological polar surface area (TPSA) is 44.8 Å². The predicted molar refractivity (Wildman–Crippen MR) is 41.8 cm³/mol. The summed E-state index contributed by atoms with van der Waals surface area (Å²) >= 11 is 0. The summed E-state index contributed by atoms with van der Waals surface area (Å²) in [6.45, 7) is 4.84. The van der Waals surface area contributed by atoms with E-state index in [9.17, 15) is 4.79 Å². The van der Waals surface area contributed by atoms with Gasteiger partial charge in [0.1, 0.15) is 12.7 Å². The third kappa shape index (κ3) is 3.19. The summed E-state index contributed by atoms with van der Waals surface area (Å²) in [6, 6.07) is 0. The molecule has 0 aromatic heterocycles. The summed E-state index contributed by atoms with van der Waals surface area (Å²) in [4.78, 5) is 10.9. The Kier molecular flexibility index (Phi) is 3.49. The predicted octanol–water partition coefficient (Wildman–Crippen LogP) is 0.353. The van der Waals surface area contributed by atoms with Crippen molar-refractivity contribution in [3.8, 4) is 0 Å². The average molecular weight is 174 g/mol. The molecule has 1 saturated heterocycles. The highest BCUT2D eigenvalue weighted by molar-refractivity contribution is 5.70. The van der Waals surface area contributed by atoms with Crippen LogP contribution < -0.4 is 0 Å². The lowest BCUT2D eigenvalue weighted by atomic mass is 10.3. The first kappa shape index (κ1) is 9.48. The van der Waals surface area contributed by atoms with Gasteiger partial charge in [0, 0.05) is 0 Å². The number of esters is 1. The molecule has 12 heavy (non-hydrogen) atoms. The molecule has 0 aromatic rings. The fourth-order valence-electron chi connectivity index (χ4n) is 0.793. The molecule has 0 atom stereocenters. The Hall–Kier alpha value is -0.610. The van der Waals surface area contributed by atoms with E-state index in [1.165, 1.54) is 0 Å². The second-order valence-electron chi connectivity index (χ2n) is 3.01. The summed E-state index contributed by atoms with van der Waals surface area (Å²) in [5, 5.41) is 0. The van der Waals surface area contributed by atoms with Crippen LogP contribution in [0.5, 0.6) is 0 Å². The van der Waals surface area contributed by atoms with Crippen molar-refractivity contribution >= 4 is 5.97 Å². The number of carbonyl (C=O) groups is 1. The van der Waals surface area contributed by atoms with Crippen LogP contribution in [-0.2, 0) is 19.0 Å². The van der Waals surface area contributed by atoms with Gasteiger partial charge in [-0.1, -0.05) is 0 Å². The fraction of sp³-hybridized carbons (Fsp3) is 0.875. The first-order valence-corrected chi connectivity index (χ1v) is 4.07. The summed E-state index contributed by atoms with van der Waals surface area (Å²) in [5.74, 6) is -0.308. The zero-order valence-corrected chi connectivity index (χ0v) is 7.41. The van der Waals surface area contributed by atoms with Crippen molar-refractivity contribution < 1.29 is 19.0 Å². The molecule has 0 aromatic carbocycles. The van der Waals surface area contributed by atoms with Gasteiger partial charge >= 0.3 is 5.97 Å². The van der Waals surface area contributed by atoms with Crippen LogP contribution in [0.25, 0.3) is 0 Å². The lowest BCUT2D eigenvalue weighted by molar-refractivity contribution is -0.168. The van der Waals surface area contributed by atoms with Crippen LogP contribution in [0.2, 0.25) is 0 Å². The lowest BCUT2D eigenvalue weighted by Gasteiger charge is -2.25. The van der Waals surface area contributed by atoms with Gasteiger partial charge in [-0.05, 0) is 13.8 Å². The Bertz CT molecular complexity index is 151. The largest absolute Gasteiger partial charge is 0.461 e. The molecule has 4 heteroatoms. The normalized spacial score (nSPS) is 17.6. The van der Waals surface area contributed by atoms with Crippen LogP contribution in [0.1, 0.15) is 13.8 Å². The van der Waals surface area contributed by atoms with E-state index in [1.807, 2.05) is 13.8 Å². The zero-order valence-electron chi connectivity index (χ0n) is 7.41. The molecule has 0 radical (unpaired) electrons. The number of hydrogen-bond acceptors (Lipinski definition) is 4. The molecule has 0 N–H and O–H groups in total. The molecule has 1 rings (SSSR count). The standard InChI is InChI=1S/C8H14O4/c1-6(2)12-8(9)5-11-7-3-10-4-7/h6-7H,3-5H2,1-2H3. The molecule has 0 saturated carbocycles. The van der Waals surface area contributed by atoms with Crippen LogP contribution in [0.3, 0.4) is 0 Å². The molecule has 1 aliphatic heterocycles. The van der Waals surface area contributed by atoms with Crippen LogP contribution in [-0.4, -0.2) is 38.0 Å². The molecular formula is C8H14O4. The maximum absolute atomic E-state index is 10.9. The van der Waals surface area contributed by atoms with E-state index in [0.717, 1.165) is 0 Å². The van der Waals surface area contributed by atoms with Crippen molar-refractivity contribution in [1.29, 1.82) is 0 Å². The quantitative estimate of drug-likeness (QED) is 0.577. The molecule has 1 aliphatic rings. The molecule has 4 nitrogen and oxygen atoms in total. The second-order valence-corrected chi connectivity index (χ2v) is 3.01. The highest BCUT2D eigenvalue weighted by Gasteiger charge is 2.20. The highest BCUT2D eigenvalue weighted by atomic mass is 16.6. The number of hydrogen-bond donors (Lipinski definition) is 0. The van der Waals surface area contributed by atoms with E-state index in [0.29, 0.717) is 13.2 Å². The molecule has 0 spiro atoms. The van der Waals surface area contributed by atoms with Crippen molar-refractivity contribution in [3.63, 3.8) is 0 Å². The van der Waals surface area contributed by atoms with Crippen molar-refractivity contribution in [2.75, 3.05) is 19.8 Å². The molecule has 70 valence electrons. The van der Waals surface area contributed by atoms with Gasteiger partial charge in [-0.15, -0.1) is 0 Å². The van der Waals surface area contributed by atoms with Gasteiger partial charge < -0.3 is 14.2 Å². The monoisotopic (exact) mass is 174 g/mol. The average Bonchev–Trinajstić information content (AvgIpc) is 1.81. The van der Waals surface area contributed by atoms with Crippen LogP contribution >= 0.6 is 0 Å².